The molecule has 0 aliphatic heterocycles. The first-order valence-electron chi connectivity index (χ1n) is 10.3. The van der Waals surface area contributed by atoms with Gasteiger partial charge in [-0.3, -0.25) is 9.79 Å². The van der Waals surface area contributed by atoms with E-state index in [1.807, 2.05) is 42.7 Å². The van der Waals surface area contributed by atoms with Gasteiger partial charge in [-0.2, -0.15) is 0 Å². The van der Waals surface area contributed by atoms with Gasteiger partial charge in [-0.05, 0) is 58.9 Å². The van der Waals surface area contributed by atoms with Gasteiger partial charge < -0.3 is 21.1 Å². The number of carbonyl (C=O) groups excluding carboxylic acids is 2. The maximum absolute atomic E-state index is 12.8. The fourth-order valence-corrected chi connectivity index (χ4v) is 2.82. The zero-order valence-electron chi connectivity index (χ0n) is 18.7. The zero-order valence-corrected chi connectivity index (χ0v) is 18.7. The second-order valence-electron chi connectivity index (χ2n) is 8.26. The molecule has 2 unspecified atom stereocenters. The van der Waals surface area contributed by atoms with Crippen molar-refractivity contribution in [1.29, 1.82) is 0 Å². The van der Waals surface area contributed by atoms with Crippen LogP contribution in [0.3, 0.4) is 0 Å². The van der Waals surface area contributed by atoms with Gasteiger partial charge in [-0.1, -0.05) is 30.3 Å². The largest absolute Gasteiger partial charge is 0.444 e. The van der Waals surface area contributed by atoms with Crippen LogP contribution in [-0.2, 0) is 16.0 Å². The van der Waals surface area contributed by atoms with E-state index < -0.39 is 17.7 Å². The Morgan fingerprint density at radius 3 is 2.42 bits per heavy atom. The molecule has 10 nitrogen and oxygen atoms in total. The summed E-state index contributed by atoms with van der Waals surface area (Å²) < 4.78 is 5.29. The lowest BCUT2D eigenvalue weighted by Crippen LogP contribution is -2.50. The minimum atomic E-state index is -0.746. The van der Waals surface area contributed by atoms with Crippen molar-refractivity contribution in [1.82, 2.24) is 16.1 Å². The summed E-state index contributed by atoms with van der Waals surface area (Å²) >= 11 is 0. The molecule has 0 fully saturated rings. The first-order chi connectivity index (χ1) is 14.6. The maximum atomic E-state index is 12.8. The molecule has 0 radical (unpaired) electrons. The fourth-order valence-electron chi connectivity index (χ4n) is 2.82. The van der Waals surface area contributed by atoms with Crippen molar-refractivity contribution in [2.75, 3.05) is 6.54 Å². The van der Waals surface area contributed by atoms with E-state index in [4.69, 9.17) is 10.5 Å². The summed E-state index contributed by atoms with van der Waals surface area (Å²) in [5.74, 6) is -0.338. The molecule has 1 rings (SSSR count). The van der Waals surface area contributed by atoms with Crippen molar-refractivity contribution < 1.29 is 14.3 Å². The minimum absolute atomic E-state index is 0.0640. The van der Waals surface area contributed by atoms with Gasteiger partial charge in [0.25, 0.3) is 0 Å². The van der Waals surface area contributed by atoms with Crippen LogP contribution in [0.25, 0.3) is 0 Å². The van der Waals surface area contributed by atoms with Gasteiger partial charge in [-0.15, -0.1) is 4.91 Å². The molecule has 2 atom stereocenters. The van der Waals surface area contributed by atoms with Crippen LogP contribution in [0.5, 0.6) is 0 Å². The van der Waals surface area contributed by atoms with E-state index in [9.17, 15) is 14.5 Å². The highest BCUT2D eigenvalue weighted by molar-refractivity contribution is 5.85. The lowest BCUT2D eigenvalue weighted by Gasteiger charge is -2.24. The monoisotopic (exact) mass is 434 g/mol. The summed E-state index contributed by atoms with van der Waals surface area (Å²) in [6.45, 7) is 7.55. The number of amides is 2. The van der Waals surface area contributed by atoms with Crippen LogP contribution < -0.4 is 21.8 Å². The molecule has 31 heavy (non-hydrogen) atoms. The SMILES string of the molecule is CC(Cc1ccccc1)NC(=O)C(CCCCN=C(N)NN=O)NC(=O)OC(C)(C)C. The topological polar surface area (TPSA) is 147 Å². The molecule has 0 aliphatic rings. The highest BCUT2D eigenvalue weighted by atomic mass is 16.6. The quantitative estimate of drug-likeness (QED) is 0.138. The number of nitroso groups, excluding NO2 is 1. The number of benzene rings is 1. The fraction of sp³-hybridized carbons (Fsp3) is 0.571. The Bertz CT molecular complexity index is 733. The van der Waals surface area contributed by atoms with E-state index in [1.165, 1.54) is 0 Å². The van der Waals surface area contributed by atoms with Crippen molar-refractivity contribution in [3.8, 4) is 0 Å². The number of aliphatic imine (C=N–C) groups is 1. The summed E-state index contributed by atoms with van der Waals surface area (Å²) in [4.78, 5) is 39.0. The van der Waals surface area contributed by atoms with Gasteiger partial charge in [0.15, 0.2) is 0 Å². The third kappa shape index (κ3) is 12.2. The number of nitrogens with one attached hydrogen (secondary N) is 3. The number of carbonyl (C=O) groups is 2. The Morgan fingerprint density at radius 2 is 1.81 bits per heavy atom. The molecule has 2 amide bonds. The van der Waals surface area contributed by atoms with Crippen LogP contribution in [0.1, 0.15) is 52.5 Å². The normalized spacial score (nSPS) is 13.6. The first kappa shape index (κ1) is 25.9. The van der Waals surface area contributed by atoms with E-state index >= 15 is 0 Å². The molecule has 10 heteroatoms. The van der Waals surface area contributed by atoms with Gasteiger partial charge in [-0.25, -0.2) is 10.2 Å². The van der Waals surface area contributed by atoms with Crippen LogP contribution in [0.4, 0.5) is 4.79 Å². The minimum Gasteiger partial charge on any atom is -0.444 e. The van der Waals surface area contributed by atoms with Crippen molar-refractivity contribution in [3.63, 3.8) is 0 Å². The van der Waals surface area contributed by atoms with E-state index in [-0.39, 0.29) is 17.9 Å². The summed E-state index contributed by atoms with van der Waals surface area (Å²) in [6, 6.07) is 8.99. The summed E-state index contributed by atoms with van der Waals surface area (Å²) in [7, 11) is 0. The lowest BCUT2D eigenvalue weighted by molar-refractivity contribution is -0.124. The Hall–Kier alpha value is -3.17. The second kappa shape index (κ2) is 13.2. The molecule has 5 N–H and O–H groups in total. The predicted molar refractivity (Wildman–Crippen MR) is 120 cm³/mol. The van der Waals surface area contributed by atoms with Crippen molar-refractivity contribution in [2.24, 2.45) is 16.0 Å². The highest BCUT2D eigenvalue weighted by Gasteiger charge is 2.25. The standard InChI is InChI=1S/C21H34N6O4/c1-15(14-16-10-6-5-7-11-16)24-18(28)17(25-20(29)31-21(2,3)4)12-8-9-13-23-19(22)26-27-30/h5-7,10-11,15,17H,8-9,12-14H2,1-4H3,(H,24,28)(H,25,29)(H3,22,23,26,30). The van der Waals surface area contributed by atoms with E-state index in [1.54, 1.807) is 20.8 Å². The number of guanidine groups is 1. The van der Waals surface area contributed by atoms with E-state index in [0.29, 0.717) is 32.2 Å². The van der Waals surface area contributed by atoms with Crippen molar-refractivity contribution in [2.45, 2.75) is 71.1 Å². The number of hydrogen-bond donors (Lipinski definition) is 4. The lowest BCUT2D eigenvalue weighted by atomic mass is 10.1. The number of alkyl carbamates (subject to hydrolysis) is 1. The Kier molecular flexibility index (Phi) is 11.0. The van der Waals surface area contributed by atoms with Gasteiger partial charge >= 0.3 is 6.09 Å². The first-order valence-corrected chi connectivity index (χ1v) is 10.3. The molecule has 1 aromatic rings. The third-order valence-electron chi connectivity index (χ3n) is 4.12. The summed E-state index contributed by atoms with van der Waals surface area (Å²) in [6.07, 6.45) is 1.65. The molecular formula is C21H34N6O4. The highest BCUT2D eigenvalue weighted by Crippen LogP contribution is 2.09. The number of nitrogens with two attached hydrogens (primary N) is 1. The molecule has 0 saturated carbocycles. The van der Waals surface area contributed by atoms with E-state index in [2.05, 4.69) is 20.9 Å². The molecule has 172 valence electrons. The van der Waals surface area contributed by atoms with Gasteiger partial charge in [0.1, 0.15) is 11.6 Å². The van der Waals surface area contributed by atoms with Crippen LogP contribution in [-0.4, -0.2) is 42.2 Å². The Labute approximate surface area is 183 Å². The van der Waals surface area contributed by atoms with Crippen LogP contribution in [0, 0.1) is 4.91 Å². The van der Waals surface area contributed by atoms with Crippen molar-refractivity contribution >= 4 is 18.0 Å². The smallest absolute Gasteiger partial charge is 0.408 e. The predicted octanol–water partition coefficient (Wildman–Crippen LogP) is 2.38. The van der Waals surface area contributed by atoms with Crippen molar-refractivity contribution in [3.05, 3.63) is 40.8 Å². The second-order valence-corrected chi connectivity index (χ2v) is 8.26. The molecule has 0 aliphatic carbocycles. The molecule has 1 aromatic carbocycles. The molecule has 0 aromatic heterocycles. The summed E-state index contributed by atoms with van der Waals surface area (Å²) in [5, 5.41) is 8.05. The van der Waals surface area contributed by atoms with Gasteiger partial charge in [0.05, 0.1) is 5.29 Å². The van der Waals surface area contributed by atoms with Crippen LogP contribution in [0.2, 0.25) is 0 Å². The maximum Gasteiger partial charge on any atom is 0.408 e. The third-order valence-corrected chi connectivity index (χ3v) is 4.12. The van der Waals surface area contributed by atoms with Crippen LogP contribution >= 0.6 is 0 Å². The molecule has 0 saturated heterocycles. The average molecular weight is 435 g/mol. The number of rotatable bonds is 11. The molecule has 0 bridgehead atoms. The van der Waals surface area contributed by atoms with Gasteiger partial charge in [0, 0.05) is 12.6 Å². The molecule has 0 spiro atoms. The van der Waals surface area contributed by atoms with E-state index in [0.717, 1.165) is 5.56 Å². The number of ether oxygens (including phenoxy) is 1. The number of hydrogen-bond acceptors (Lipinski definition) is 6. The number of nitrogens with zero attached hydrogens (tertiary/aromatic N) is 2. The van der Waals surface area contributed by atoms with Gasteiger partial charge in [0.2, 0.25) is 11.9 Å². The van der Waals surface area contributed by atoms with Crippen LogP contribution in [0.15, 0.2) is 40.6 Å². The Morgan fingerprint density at radius 1 is 1.13 bits per heavy atom. The zero-order chi connectivity index (χ0) is 23.3. The average Bonchev–Trinajstić information content (AvgIpc) is 2.66. The Balaban J connectivity index is 2.64. The summed E-state index contributed by atoms with van der Waals surface area (Å²) in [5.41, 5.74) is 7.88. The molecular weight excluding hydrogens is 400 g/mol. The number of unbranched alkanes of at least 4 members (excludes halogenated alkanes) is 1. The molecule has 0 heterocycles.